The van der Waals surface area contributed by atoms with Gasteiger partial charge in [-0.2, -0.15) is 0 Å². The monoisotopic (exact) mass is 400 g/mol. The van der Waals surface area contributed by atoms with Crippen LogP contribution in [0.4, 0.5) is 10.5 Å². The van der Waals surface area contributed by atoms with Crippen LogP contribution >= 0.6 is 0 Å². The minimum atomic E-state index is -0.760. The lowest BCUT2D eigenvalue weighted by Crippen LogP contribution is -2.37. The van der Waals surface area contributed by atoms with E-state index in [-0.39, 0.29) is 0 Å². The summed E-state index contributed by atoms with van der Waals surface area (Å²) in [5.74, 6) is -0.341. The van der Waals surface area contributed by atoms with Crippen LogP contribution in [-0.2, 0) is 20.9 Å². The lowest BCUT2D eigenvalue weighted by atomic mass is 10.1. The standard InChI is InChI=1S/C20H20N2O7/c1-26-11-13-2-4-14(5-3-13)19(24)29-12-18(23)22-20(25)21-15-6-7-16-17(10-15)28-9-8-27-16/h2-7,10H,8-9,11-12H2,1H3,(H2,21,22,23,25). The Kier molecular flexibility index (Phi) is 6.64. The van der Waals surface area contributed by atoms with E-state index in [4.69, 9.17) is 18.9 Å². The largest absolute Gasteiger partial charge is 0.486 e. The molecule has 0 aliphatic carbocycles. The zero-order chi connectivity index (χ0) is 20.6. The molecule has 0 bridgehead atoms. The number of hydrogen-bond acceptors (Lipinski definition) is 7. The zero-order valence-corrected chi connectivity index (χ0v) is 15.7. The van der Waals surface area contributed by atoms with Crippen LogP contribution in [0.2, 0.25) is 0 Å². The number of carbonyl (C=O) groups excluding carboxylic acids is 3. The van der Waals surface area contributed by atoms with Gasteiger partial charge in [-0.15, -0.1) is 0 Å². The van der Waals surface area contributed by atoms with E-state index >= 15 is 0 Å². The minimum absolute atomic E-state index is 0.290. The summed E-state index contributed by atoms with van der Waals surface area (Å²) in [7, 11) is 1.57. The molecule has 0 radical (unpaired) electrons. The summed E-state index contributed by atoms with van der Waals surface area (Å²) in [6.07, 6.45) is 0. The van der Waals surface area contributed by atoms with Crippen LogP contribution in [0.5, 0.6) is 11.5 Å². The fourth-order valence-electron chi connectivity index (χ4n) is 2.56. The molecule has 0 fully saturated rings. The number of fused-ring (bicyclic) bond motifs is 1. The first-order chi connectivity index (χ1) is 14.0. The lowest BCUT2D eigenvalue weighted by Gasteiger charge is -2.19. The number of anilines is 1. The van der Waals surface area contributed by atoms with Crippen molar-refractivity contribution in [3.63, 3.8) is 0 Å². The van der Waals surface area contributed by atoms with Crippen LogP contribution in [0.15, 0.2) is 42.5 Å². The fourth-order valence-corrected chi connectivity index (χ4v) is 2.56. The van der Waals surface area contributed by atoms with Gasteiger partial charge >= 0.3 is 12.0 Å². The maximum atomic E-state index is 12.0. The number of esters is 1. The highest BCUT2D eigenvalue weighted by Gasteiger charge is 2.15. The Hall–Kier alpha value is -3.59. The molecule has 2 N–H and O–H groups in total. The van der Waals surface area contributed by atoms with E-state index in [0.29, 0.717) is 42.6 Å². The first-order valence-electron chi connectivity index (χ1n) is 8.80. The van der Waals surface area contributed by atoms with Gasteiger partial charge in [0.05, 0.1) is 12.2 Å². The van der Waals surface area contributed by atoms with Gasteiger partial charge in [0.15, 0.2) is 18.1 Å². The number of urea groups is 1. The lowest BCUT2D eigenvalue weighted by molar-refractivity contribution is -0.123. The second-order valence-corrected chi connectivity index (χ2v) is 6.07. The number of benzene rings is 2. The summed E-state index contributed by atoms with van der Waals surface area (Å²) >= 11 is 0. The SMILES string of the molecule is COCc1ccc(C(=O)OCC(=O)NC(=O)Nc2ccc3c(c2)OCCO3)cc1. The second-order valence-electron chi connectivity index (χ2n) is 6.07. The number of nitrogens with one attached hydrogen (secondary N) is 2. The number of imide groups is 1. The molecule has 3 rings (SSSR count). The first kappa shape index (κ1) is 20.2. The number of carbonyl (C=O) groups is 3. The van der Waals surface area contributed by atoms with E-state index in [0.717, 1.165) is 5.56 Å². The van der Waals surface area contributed by atoms with Crippen molar-refractivity contribution < 1.29 is 33.3 Å². The molecular formula is C20H20N2O7. The Balaban J connectivity index is 1.45. The highest BCUT2D eigenvalue weighted by molar-refractivity contribution is 6.02. The number of rotatable bonds is 6. The second kappa shape index (κ2) is 9.56. The molecule has 0 saturated carbocycles. The molecule has 3 amide bonds. The Morgan fingerprint density at radius 2 is 1.72 bits per heavy atom. The molecule has 0 unspecified atom stereocenters. The van der Waals surface area contributed by atoms with E-state index in [1.807, 2.05) is 0 Å². The quantitative estimate of drug-likeness (QED) is 0.714. The molecule has 1 aliphatic rings. The Labute approximate surface area is 166 Å². The van der Waals surface area contributed by atoms with Gasteiger partial charge in [0.1, 0.15) is 13.2 Å². The summed E-state index contributed by atoms with van der Waals surface area (Å²) in [4.78, 5) is 35.7. The van der Waals surface area contributed by atoms with Crippen molar-refractivity contribution in [1.82, 2.24) is 5.32 Å². The minimum Gasteiger partial charge on any atom is -0.486 e. The van der Waals surface area contributed by atoms with Gasteiger partial charge in [-0.05, 0) is 29.8 Å². The topological polar surface area (TPSA) is 112 Å². The van der Waals surface area contributed by atoms with Crippen LogP contribution < -0.4 is 20.1 Å². The number of hydrogen-bond donors (Lipinski definition) is 2. The maximum absolute atomic E-state index is 12.0. The van der Waals surface area contributed by atoms with Crippen molar-refractivity contribution in [3.05, 3.63) is 53.6 Å². The van der Waals surface area contributed by atoms with Crippen molar-refractivity contribution in [2.45, 2.75) is 6.61 Å². The molecule has 9 heteroatoms. The summed E-state index contributed by atoms with van der Waals surface area (Å²) in [6, 6.07) is 10.7. The molecule has 0 spiro atoms. The normalized spacial score (nSPS) is 12.0. The summed E-state index contributed by atoms with van der Waals surface area (Å²) in [5, 5.41) is 4.59. The highest BCUT2D eigenvalue weighted by atomic mass is 16.6. The van der Waals surface area contributed by atoms with Gasteiger partial charge in [-0.1, -0.05) is 12.1 Å². The smallest absolute Gasteiger partial charge is 0.338 e. The van der Waals surface area contributed by atoms with Crippen LogP contribution in [0.25, 0.3) is 0 Å². The van der Waals surface area contributed by atoms with E-state index in [9.17, 15) is 14.4 Å². The average molecular weight is 400 g/mol. The van der Waals surface area contributed by atoms with Crippen molar-refractivity contribution in [2.75, 3.05) is 32.2 Å². The predicted molar refractivity (Wildman–Crippen MR) is 102 cm³/mol. The van der Waals surface area contributed by atoms with Crippen molar-refractivity contribution in [3.8, 4) is 11.5 Å². The summed E-state index contributed by atoms with van der Waals surface area (Å²) < 4.78 is 20.7. The zero-order valence-electron chi connectivity index (χ0n) is 15.7. The van der Waals surface area contributed by atoms with Gasteiger partial charge in [0, 0.05) is 18.9 Å². The molecule has 29 heavy (non-hydrogen) atoms. The number of amides is 3. The molecule has 9 nitrogen and oxygen atoms in total. The molecule has 152 valence electrons. The third kappa shape index (κ3) is 5.69. The van der Waals surface area contributed by atoms with E-state index in [2.05, 4.69) is 10.6 Å². The number of ether oxygens (including phenoxy) is 4. The van der Waals surface area contributed by atoms with Gasteiger partial charge < -0.3 is 24.3 Å². The maximum Gasteiger partial charge on any atom is 0.338 e. The fraction of sp³-hybridized carbons (Fsp3) is 0.250. The van der Waals surface area contributed by atoms with Crippen LogP contribution in [-0.4, -0.2) is 44.8 Å². The highest BCUT2D eigenvalue weighted by Crippen LogP contribution is 2.32. The van der Waals surface area contributed by atoms with Crippen LogP contribution in [0.3, 0.4) is 0 Å². The predicted octanol–water partition coefficient (Wildman–Crippen LogP) is 2.11. The average Bonchev–Trinajstić information content (AvgIpc) is 2.72. The summed E-state index contributed by atoms with van der Waals surface area (Å²) in [5.41, 5.74) is 1.61. The molecule has 1 heterocycles. The molecule has 1 aliphatic heterocycles. The number of methoxy groups -OCH3 is 1. The van der Waals surface area contributed by atoms with E-state index < -0.39 is 24.5 Å². The molecule has 2 aromatic carbocycles. The Morgan fingerprint density at radius 3 is 2.45 bits per heavy atom. The van der Waals surface area contributed by atoms with Crippen molar-refractivity contribution in [1.29, 1.82) is 0 Å². The van der Waals surface area contributed by atoms with Crippen molar-refractivity contribution in [2.24, 2.45) is 0 Å². The van der Waals surface area contributed by atoms with Crippen molar-refractivity contribution >= 4 is 23.6 Å². The molecule has 0 saturated heterocycles. The molecule has 0 aromatic heterocycles. The van der Waals surface area contributed by atoms with E-state index in [1.54, 1.807) is 49.6 Å². The van der Waals surface area contributed by atoms with Gasteiger partial charge in [-0.25, -0.2) is 9.59 Å². The molecular weight excluding hydrogens is 380 g/mol. The Morgan fingerprint density at radius 1 is 1.00 bits per heavy atom. The third-order valence-corrected chi connectivity index (χ3v) is 3.89. The van der Waals surface area contributed by atoms with Crippen LogP contribution in [0, 0.1) is 0 Å². The first-order valence-corrected chi connectivity index (χ1v) is 8.80. The molecule has 2 aromatic rings. The Bertz CT molecular complexity index is 896. The van der Waals surface area contributed by atoms with Gasteiger partial charge in [0.25, 0.3) is 5.91 Å². The van der Waals surface area contributed by atoms with Gasteiger partial charge in [-0.3, -0.25) is 10.1 Å². The van der Waals surface area contributed by atoms with Crippen LogP contribution in [0.1, 0.15) is 15.9 Å². The van der Waals surface area contributed by atoms with E-state index in [1.165, 1.54) is 0 Å². The van der Waals surface area contributed by atoms with Gasteiger partial charge in [0.2, 0.25) is 0 Å². The third-order valence-electron chi connectivity index (χ3n) is 3.89. The summed E-state index contributed by atoms with van der Waals surface area (Å²) in [6.45, 7) is 0.718. The molecule has 0 atom stereocenters.